The van der Waals surface area contributed by atoms with Crippen LogP contribution in [0.3, 0.4) is 0 Å². The van der Waals surface area contributed by atoms with E-state index in [1.165, 1.54) is 11.1 Å². The van der Waals surface area contributed by atoms with Crippen molar-refractivity contribution in [3.05, 3.63) is 59.4 Å². The average Bonchev–Trinajstić information content (AvgIpc) is 2.45. The average molecular weight is 268 g/mol. The Morgan fingerprint density at radius 1 is 1.00 bits per heavy atom. The highest BCUT2D eigenvalue weighted by Gasteiger charge is 2.08. The van der Waals surface area contributed by atoms with E-state index in [0.29, 0.717) is 18.4 Å². The molecule has 20 heavy (non-hydrogen) atoms. The van der Waals surface area contributed by atoms with Gasteiger partial charge in [0.25, 0.3) is 0 Å². The molecule has 0 saturated carbocycles. The van der Waals surface area contributed by atoms with Crippen molar-refractivity contribution in [1.29, 1.82) is 0 Å². The summed E-state index contributed by atoms with van der Waals surface area (Å²) in [6.07, 6.45) is 3.58. The highest BCUT2D eigenvalue weighted by Crippen LogP contribution is 2.27. The second-order valence-corrected chi connectivity index (χ2v) is 5.68. The van der Waals surface area contributed by atoms with Crippen molar-refractivity contribution in [1.82, 2.24) is 4.98 Å². The zero-order chi connectivity index (χ0) is 14.5. The number of hydrogen-bond acceptors (Lipinski definition) is 2. The third-order valence-electron chi connectivity index (χ3n) is 3.28. The Hall–Kier alpha value is -1.83. The van der Waals surface area contributed by atoms with E-state index >= 15 is 0 Å². The first-order valence-corrected chi connectivity index (χ1v) is 7.15. The summed E-state index contributed by atoms with van der Waals surface area (Å²) in [7, 11) is 0. The molecule has 1 radical (unpaired) electrons. The van der Waals surface area contributed by atoms with Gasteiger partial charge in [0.05, 0.1) is 0 Å². The normalized spacial score (nSPS) is 11.1. The zero-order valence-electron chi connectivity index (χ0n) is 12.7. The van der Waals surface area contributed by atoms with Crippen LogP contribution in [0.5, 0.6) is 5.75 Å². The van der Waals surface area contributed by atoms with Gasteiger partial charge in [-0.15, -0.1) is 0 Å². The molecule has 2 rings (SSSR count). The SMILES string of the molecule is CC(C)c1[c]c(C(C)C)cc(OCc2ccncc2)c1. The van der Waals surface area contributed by atoms with Gasteiger partial charge in [-0.2, -0.15) is 0 Å². The fourth-order valence-corrected chi connectivity index (χ4v) is 1.94. The maximum Gasteiger partial charge on any atom is 0.120 e. The van der Waals surface area contributed by atoms with Crippen molar-refractivity contribution >= 4 is 0 Å². The van der Waals surface area contributed by atoms with Gasteiger partial charge in [0.15, 0.2) is 0 Å². The van der Waals surface area contributed by atoms with Crippen LogP contribution < -0.4 is 4.74 Å². The molecule has 0 spiro atoms. The summed E-state index contributed by atoms with van der Waals surface area (Å²) in [5.41, 5.74) is 3.55. The number of benzene rings is 1. The van der Waals surface area contributed by atoms with Crippen LogP contribution in [0.4, 0.5) is 0 Å². The van der Waals surface area contributed by atoms with Crippen LogP contribution in [0.2, 0.25) is 0 Å². The second-order valence-electron chi connectivity index (χ2n) is 5.68. The number of pyridine rings is 1. The fourth-order valence-electron chi connectivity index (χ4n) is 1.94. The molecule has 0 aliphatic carbocycles. The molecule has 0 N–H and O–H groups in total. The Kier molecular flexibility index (Phi) is 4.78. The molecule has 0 bridgehead atoms. The van der Waals surface area contributed by atoms with Crippen molar-refractivity contribution in [2.75, 3.05) is 0 Å². The number of ether oxygens (including phenoxy) is 1. The van der Waals surface area contributed by atoms with Gasteiger partial charge >= 0.3 is 0 Å². The van der Waals surface area contributed by atoms with Gasteiger partial charge in [0, 0.05) is 12.4 Å². The zero-order valence-corrected chi connectivity index (χ0v) is 12.7. The topological polar surface area (TPSA) is 22.1 Å². The minimum atomic E-state index is 0.456. The first-order chi connectivity index (χ1) is 9.56. The first kappa shape index (κ1) is 14.6. The Morgan fingerprint density at radius 2 is 1.55 bits per heavy atom. The number of nitrogens with zero attached hydrogens (tertiary/aromatic N) is 1. The molecule has 2 aromatic rings. The Balaban J connectivity index is 2.18. The number of aromatic nitrogens is 1. The van der Waals surface area contributed by atoms with Crippen molar-refractivity contribution < 1.29 is 4.74 Å². The van der Waals surface area contributed by atoms with E-state index in [9.17, 15) is 0 Å². The van der Waals surface area contributed by atoms with Crippen LogP contribution >= 0.6 is 0 Å². The molecule has 2 heteroatoms. The Bertz CT molecular complexity index is 520. The van der Waals surface area contributed by atoms with Gasteiger partial charge in [0.1, 0.15) is 12.4 Å². The molecule has 1 aromatic carbocycles. The van der Waals surface area contributed by atoms with Crippen molar-refractivity contribution in [3.63, 3.8) is 0 Å². The van der Waals surface area contributed by atoms with E-state index in [1.807, 2.05) is 12.1 Å². The molecular weight excluding hydrogens is 246 g/mol. The van der Waals surface area contributed by atoms with Crippen LogP contribution in [0.15, 0.2) is 36.7 Å². The quantitative estimate of drug-likeness (QED) is 0.783. The summed E-state index contributed by atoms with van der Waals surface area (Å²) >= 11 is 0. The maximum absolute atomic E-state index is 5.93. The largest absolute Gasteiger partial charge is 0.489 e. The minimum absolute atomic E-state index is 0.456. The van der Waals surface area contributed by atoms with E-state index in [2.05, 4.69) is 50.9 Å². The third kappa shape index (κ3) is 3.83. The summed E-state index contributed by atoms with van der Waals surface area (Å²) in [5, 5.41) is 0. The van der Waals surface area contributed by atoms with Crippen LogP contribution in [0.1, 0.15) is 56.2 Å². The van der Waals surface area contributed by atoms with Gasteiger partial charge in [-0.1, -0.05) is 27.7 Å². The van der Waals surface area contributed by atoms with E-state index in [0.717, 1.165) is 11.3 Å². The highest BCUT2D eigenvalue weighted by atomic mass is 16.5. The summed E-state index contributed by atoms with van der Waals surface area (Å²) in [4.78, 5) is 4.01. The monoisotopic (exact) mass is 268 g/mol. The molecule has 2 nitrogen and oxygen atoms in total. The molecule has 0 fully saturated rings. The molecular formula is C18H22NO. The lowest BCUT2D eigenvalue weighted by atomic mass is 9.95. The van der Waals surface area contributed by atoms with E-state index in [1.54, 1.807) is 12.4 Å². The van der Waals surface area contributed by atoms with Gasteiger partial charge in [0.2, 0.25) is 0 Å². The Morgan fingerprint density at radius 3 is 2.05 bits per heavy atom. The lowest BCUT2D eigenvalue weighted by Gasteiger charge is -2.14. The molecule has 0 unspecified atom stereocenters. The lowest BCUT2D eigenvalue weighted by Crippen LogP contribution is -2.00. The van der Waals surface area contributed by atoms with Crippen molar-refractivity contribution in [2.45, 2.75) is 46.1 Å². The van der Waals surface area contributed by atoms with Crippen molar-refractivity contribution in [2.24, 2.45) is 0 Å². The summed E-state index contributed by atoms with van der Waals surface area (Å²) < 4.78 is 5.93. The van der Waals surface area contributed by atoms with Gasteiger partial charge in [-0.3, -0.25) is 4.98 Å². The lowest BCUT2D eigenvalue weighted by molar-refractivity contribution is 0.305. The van der Waals surface area contributed by atoms with Crippen LogP contribution in [-0.2, 0) is 6.61 Å². The Labute approximate surface area is 121 Å². The number of rotatable bonds is 5. The summed E-state index contributed by atoms with van der Waals surface area (Å²) in [6, 6.07) is 11.6. The molecule has 0 saturated heterocycles. The van der Waals surface area contributed by atoms with Crippen LogP contribution in [-0.4, -0.2) is 4.98 Å². The molecule has 0 amide bonds. The fraction of sp³-hybridized carbons (Fsp3) is 0.389. The molecule has 0 aliphatic heterocycles. The first-order valence-electron chi connectivity index (χ1n) is 7.15. The predicted octanol–water partition coefficient (Wildman–Crippen LogP) is 4.71. The van der Waals surface area contributed by atoms with Crippen molar-refractivity contribution in [3.8, 4) is 5.75 Å². The molecule has 1 aromatic heterocycles. The molecule has 0 atom stereocenters. The summed E-state index contributed by atoms with van der Waals surface area (Å²) in [6.45, 7) is 9.30. The predicted molar refractivity (Wildman–Crippen MR) is 82.0 cm³/mol. The van der Waals surface area contributed by atoms with Gasteiger partial charge in [-0.25, -0.2) is 0 Å². The summed E-state index contributed by atoms with van der Waals surface area (Å²) in [5.74, 6) is 1.84. The van der Waals surface area contributed by atoms with E-state index in [4.69, 9.17) is 4.74 Å². The molecule has 105 valence electrons. The third-order valence-corrected chi connectivity index (χ3v) is 3.28. The van der Waals surface area contributed by atoms with Gasteiger partial charge < -0.3 is 4.74 Å². The van der Waals surface area contributed by atoms with Gasteiger partial charge in [-0.05, 0) is 58.9 Å². The minimum Gasteiger partial charge on any atom is -0.489 e. The molecule has 0 aliphatic rings. The maximum atomic E-state index is 5.93. The van der Waals surface area contributed by atoms with Crippen LogP contribution in [0, 0.1) is 6.07 Å². The number of hydrogen-bond donors (Lipinski definition) is 0. The second kappa shape index (κ2) is 6.56. The van der Waals surface area contributed by atoms with E-state index in [-0.39, 0.29) is 0 Å². The highest BCUT2D eigenvalue weighted by molar-refractivity contribution is 5.36. The smallest absolute Gasteiger partial charge is 0.120 e. The van der Waals surface area contributed by atoms with Crippen LogP contribution in [0.25, 0.3) is 0 Å². The van der Waals surface area contributed by atoms with E-state index < -0.39 is 0 Å². The standard InChI is InChI=1S/C18H22NO/c1-13(2)16-9-17(14(3)4)11-18(10-16)20-12-15-5-7-19-8-6-15/h5-8,10-11,13-14H,12H2,1-4H3. The molecule has 1 heterocycles.